The summed E-state index contributed by atoms with van der Waals surface area (Å²) in [5.74, 6) is -25.3. The van der Waals surface area contributed by atoms with Gasteiger partial charge in [0.1, 0.15) is 84.6 Å². The van der Waals surface area contributed by atoms with E-state index in [1.807, 2.05) is 0 Å². The van der Waals surface area contributed by atoms with Crippen molar-refractivity contribution in [3.63, 3.8) is 0 Å². The number of benzene rings is 1. The first kappa shape index (κ1) is 103. The van der Waals surface area contributed by atoms with Gasteiger partial charge in [0.15, 0.2) is 0 Å². The molecule has 1 fully saturated rings. The number of carboxylic acids is 6. The van der Waals surface area contributed by atoms with Crippen LogP contribution in [0, 0.1) is 5.92 Å². The summed E-state index contributed by atoms with van der Waals surface area (Å²) in [5.41, 5.74) is 17.4. The smallest absolute Gasteiger partial charge is 0.326 e. The molecule has 44 nitrogen and oxygen atoms in total. The van der Waals surface area contributed by atoms with Gasteiger partial charge in [0.05, 0.1) is 25.9 Å². The summed E-state index contributed by atoms with van der Waals surface area (Å²) in [6.45, 7) is 4.57. The number of carbonyl (C=O) groups excluding carboxylic acids is 14. The van der Waals surface area contributed by atoms with Gasteiger partial charge in [0.25, 0.3) is 0 Å². The Morgan fingerprint density at radius 2 is 0.814 bits per heavy atom. The summed E-state index contributed by atoms with van der Waals surface area (Å²) < 4.78 is 0. The number of rotatable bonds is 59. The second-order valence-electron chi connectivity index (χ2n) is 28.2. The van der Waals surface area contributed by atoms with Crippen molar-refractivity contribution in [2.45, 2.75) is 247 Å². The van der Waals surface area contributed by atoms with Crippen LogP contribution in [0.25, 0.3) is 0 Å². The number of aliphatic hydroxyl groups is 1. The van der Waals surface area contributed by atoms with Crippen LogP contribution in [0.4, 0.5) is 0 Å². The Morgan fingerprint density at radius 1 is 0.432 bits per heavy atom. The maximum absolute atomic E-state index is 14.5. The summed E-state index contributed by atoms with van der Waals surface area (Å²) in [6, 6.07) is -15.6. The molecule has 0 unspecified atom stereocenters. The van der Waals surface area contributed by atoms with E-state index in [1.165, 1.54) is 18.7 Å². The van der Waals surface area contributed by atoms with Crippen LogP contribution in [-0.4, -0.2) is 289 Å². The molecule has 1 saturated heterocycles. The van der Waals surface area contributed by atoms with E-state index in [0.717, 1.165) is 18.7 Å². The van der Waals surface area contributed by atoms with Gasteiger partial charge in [-0.3, -0.25) is 91.1 Å². The molecule has 1 aliphatic heterocycles. The van der Waals surface area contributed by atoms with E-state index in [2.05, 4.69) is 69.1 Å². The first-order valence-electron chi connectivity index (χ1n) is 38.5. The third-order valence-electron chi connectivity index (χ3n) is 18.7. The lowest BCUT2D eigenvalue weighted by molar-refractivity contribution is -0.145. The minimum absolute atomic E-state index is 0.0720. The molecular weight excluding hydrogens is 1580 g/mol. The number of nitrogens with one attached hydrogen (secondary N) is 13. The lowest BCUT2D eigenvalue weighted by Gasteiger charge is -2.31. The molecule has 0 aromatic heterocycles. The van der Waals surface area contributed by atoms with Crippen LogP contribution in [0.5, 0.6) is 0 Å². The largest absolute Gasteiger partial charge is 0.481 e. The fourth-order valence-corrected chi connectivity index (χ4v) is 12.5. The van der Waals surface area contributed by atoms with Crippen LogP contribution >= 0.6 is 11.8 Å². The van der Waals surface area contributed by atoms with E-state index in [1.54, 1.807) is 43.5 Å². The first-order valence-corrected chi connectivity index (χ1v) is 39.9. The standard InChI is InChI=1S/C73H115N17O27S/c1-6-38(2)59(71(114)82-43(23-25-54(93)94)63(106)80-42(19-10-13-28-74)62(105)85-48(33-41-17-8-7-9-18-41)65(108)86-50(35-57(99)100)68(111)84-47(73(116)117)21-12-15-30-76)89-64(107)44(24-26-55(95)96)79-60(103)39(3)77-61(104)45(27-32-118-5)81-66(109)51(36-58(101)102)88-70(113)53-22-16-31-90(53)72(115)46(20-11-14-29-75)83-67(110)49(34-56(97)98)87-69(112)52(37-91)78-40(4)92/h7-9,17-18,38-39,42-53,59,91H,6,10-16,19-37,74-76H2,1-5H3,(H,77,104)(H,78,92)(H,79,103)(H,80,106)(H,81,109)(H,82,114)(H,83,110)(H,84,111)(H,85,105)(H,86,108)(H,87,112)(H,88,113)(H,89,107)(H,93,94)(H,95,96)(H,97,98)(H,99,100)(H,101,102)(H,116,117)/t38-,39-,42-,43-,44-,45-,46-,47-,48-,49-,50-,51-,52-,53-,59-/m0/s1. The summed E-state index contributed by atoms with van der Waals surface area (Å²) in [5, 5.41) is 98.9. The molecule has 0 bridgehead atoms. The fraction of sp³-hybridized carbons (Fsp3) is 0.644. The number of nitrogens with two attached hydrogens (primary N) is 3. The van der Waals surface area contributed by atoms with Crippen LogP contribution in [0.15, 0.2) is 30.3 Å². The molecule has 0 spiro atoms. The van der Waals surface area contributed by atoms with Crippen molar-refractivity contribution in [3.8, 4) is 0 Å². The number of amides is 14. The van der Waals surface area contributed by atoms with Crippen LogP contribution in [0.3, 0.4) is 0 Å². The summed E-state index contributed by atoms with van der Waals surface area (Å²) in [6.07, 6.45) is -3.70. The van der Waals surface area contributed by atoms with Gasteiger partial charge in [-0.25, -0.2) is 4.79 Å². The zero-order valence-electron chi connectivity index (χ0n) is 66.5. The highest BCUT2D eigenvalue weighted by atomic mass is 32.2. The fourth-order valence-electron chi connectivity index (χ4n) is 12.1. The number of thioether (sulfide) groups is 1. The van der Waals surface area contributed by atoms with Crippen LogP contribution in [-0.2, 0) is 102 Å². The predicted octanol–water partition coefficient (Wildman–Crippen LogP) is -6.02. The minimum atomic E-state index is -1.96. The van der Waals surface area contributed by atoms with Gasteiger partial charge in [-0.05, 0) is 140 Å². The number of aliphatic carboxylic acids is 6. The van der Waals surface area contributed by atoms with Gasteiger partial charge >= 0.3 is 35.8 Å². The van der Waals surface area contributed by atoms with E-state index in [9.17, 15) is 132 Å². The molecule has 0 saturated carbocycles. The van der Waals surface area contributed by atoms with Gasteiger partial charge in [-0.1, -0.05) is 50.6 Å². The van der Waals surface area contributed by atoms with Crippen molar-refractivity contribution in [2.24, 2.45) is 23.1 Å². The number of unbranched alkanes of at least 4 members (excludes halogenated alkanes) is 3. The Kier molecular flexibility index (Phi) is 47.7. The Balaban J connectivity index is 2.49. The lowest BCUT2D eigenvalue weighted by Crippen LogP contribution is -2.61. The molecule has 0 aliphatic carbocycles. The molecule has 660 valence electrons. The number of carboxylic acid groups (broad SMARTS) is 6. The summed E-state index contributed by atoms with van der Waals surface area (Å²) >= 11 is 1.18. The van der Waals surface area contributed by atoms with E-state index in [-0.39, 0.29) is 109 Å². The molecule has 1 heterocycles. The molecule has 1 aromatic carbocycles. The molecule has 45 heteroatoms. The average Bonchev–Trinajstić information content (AvgIpc) is 1.62. The highest BCUT2D eigenvalue weighted by Gasteiger charge is 2.43. The number of likely N-dealkylation sites (tertiary alicyclic amines) is 1. The second-order valence-corrected chi connectivity index (χ2v) is 29.1. The van der Waals surface area contributed by atoms with Gasteiger partial charge in [-0.15, -0.1) is 0 Å². The van der Waals surface area contributed by atoms with Crippen molar-refractivity contribution in [2.75, 3.05) is 44.8 Å². The Hall–Kier alpha value is -11.2. The molecular formula is C73H115N17O27S. The number of hydrogen-bond donors (Lipinski definition) is 23. The molecule has 26 N–H and O–H groups in total. The molecule has 15 atom stereocenters. The van der Waals surface area contributed by atoms with Crippen LogP contribution < -0.4 is 86.3 Å². The van der Waals surface area contributed by atoms with Gasteiger partial charge in [0.2, 0.25) is 82.7 Å². The van der Waals surface area contributed by atoms with E-state index in [0.29, 0.717) is 18.4 Å². The SMILES string of the molecule is CC[C@H](C)[C@H](NC(=O)[C@H](CCC(=O)O)NC(=O)[C@H](C)NC(=O)[C@H](CCSC)NC(=O)[C@H](CC(=O)O)NC(=O)[C@@H]1CCCN1C(=O)[C@H](CCCCN)NC(=O)[C@H](CC(=O)O)NC(=O)[C@H](CO)NC(C)=O)C(=O)N[C@@H](CCC(=O)O)C(=O)N[C@@H](CCCCN)C(=O)N[C@@H](Cc1ccccc1)C(=O)N[C@@H](CC(=O)O)C(=O)N[C@@H](CCCCN)C(=O)O. The molecule has 14 amide bonds. The Morgan fingerprint density at radius 3 is 1.26 bits per heavy atom. The lowest BCUT2D eigenvalue weighted by atomic mass is 9.96. The van der Waals surface area contributed by atoms with E-state index >= 15 is 0 Å². The first-order chi connectivity index (χ1) is 55.7. The van der Waals surface area contributed by atoms with Crippen molar-refractivity contribution in [3.05, 3.63) is 35.9 Å². The molecule has 1 aromatic rings. The number of hydrogen-bond acceptors (Lipinski definition) is 25. The van der Waals surface area contributed by atoms with Crippen molar-refractivity contribution < 1.29 is 132 Å². The third kappa shape index (κ3) is 38.3. The second kappa shape index (κ2) is 54.7. The van der Waals surface area contributed by atoms with Crippen LogP contribution in [0.1, 0.15) is 162 Å². The molecule has 0 radical (unpaired) electrons. The molecule has 118 heavy (non-hydrogen) atoms. The van der Waals surface area contributed by atoms with Crippen LogP contribution in [0.2, 0.25) is 0 Å². The van der Waals surface area contributed by atoms with Gasteiger partial charge in [-0.2, -0.15) is 11.8 Å². The minimum Gasteiger partial charge on any atom is -0.481 e. The van der Waals surface area contributed by atoms with Crippen molar-refractivity contribution in [1.29, 1.82) is 0 Å². The molecule has 2 rings (SSSR count). The average molecular weight is 1690 g/mol. The quantitative estimate of drug-likeness (QED) is 0.0270. The zero-order valence-corrected chi connectivity index (χ0v) is 67.3. The maximum atomic E-state index is 14.5. The van der Waals surface area contributed by atoms with E-state index < -0.39 is 261 Å². The summed E-state index contributed by atoms with van der Waals surface area (Å²) in [4.78, 5) is 268. The maximum Gasteiger partial charge on any atom is 0.326 e. The predicted molar refractivity (Wildman–Crippen MR) is 418 cm³/mol. The third-order valence-corrected chi connectivity index (χ3v) is 19.4. The number of carbonyl (C=O) groups is 20. The highest BCUT2D eigenvalue weighted by molar-refractivity contribution is 7.98. The number of nitrogens with zero attached hydrogens (tertiary/aromatic N) is 1. The molecule has 1 aliphatic rings. The monoisotopic (exact) mass is 1690 g/mol. The van der Waals surface area contributed by atoms with Crippen molar-refractivity contribution >= 4 is 130 Å². The Labute approximate surface area is 684 Å². The van der Waals surface area contributed by atoms with E-state index in [4.69, 9.17) is 17.2 Å². The summed E-state index contributed by atoms with van der Waals surface area (Å²) in [7, 11) is 0. The highest BCUT2D eigenvalue weighted by Crippen LogP contribution is 2.22. The van der Waals surface area contributed by atoms with Gasteiger partial charge < -0.3 is 127 Å². The topological polar surface area (TPSA) is 721 Å². The van der Waals surface area contributed by atoms with Crippen molar-refractivity contribution in [1.82, 2.24) is 74.0 Å². The van der Waals surface area contributed by atoms with Gasteiger partial charge in [0, 0.05) is 32.7 Å². The number of aliphatic hydroxyl groups excluding tert-OH is 1. The Bertz CT molecular complexity index is 3620. The zero-order chi connectivity index (χ0) is 88.9. The normalized spacial score (nSPS) is 15.9.